The number of hydrogen-bond acceptors (Lipinski definition) is 2. The summed E-state index contributed by atoms with van der Waals surface area (Å²) in [6.07, 6.45) is 0. The van der Waals surface area contributed by atoms with Gasteiger partial charge >= 0.3 is 0 Å². The van der Waals surface area contributed by atoms with Gasteiger partial charge in [0.15, 0.2) is 0 Å². The summed E-state index contributed by atoms with van der Waals surface area (Å²) >= 11 is 0. The molecule has 0 fully saturated rings. The Balaban J connectivity index is 2.51. The maximum absolute atomic E-state index is 13.6. The molecule has 0 unspecified atom stereocenters. The largest absolute Gasteiger partial charge is 0.376 e. The molecule has 1 aromatic rings. The van der Waals surface area contributed by atoms with Gasteiger partial charge in [-0.05, 0) is 36.1 Å². The zero-order chi connectivity index (χ0) is 14.3. The van der Waals surface area contributed by atoms with Crippen molar-refractivity contribution in [1.82, 2.24) is 5.32 Å². The Morgan fingerprint density at radius 3 is 2.53 bits per heavy atom. The highest BCUT2D eigenvalue weighted by atomic mass is 19.1. The highest BCUT2D eigenvalue weighted by molar-refractivity contribution is 5.24. The molecule has 0 radical (unpaired) electrons. The molecular formula is C16H26FNO. The predicted molar refractivity (Wildman–Crippen MR) is 77.4 cm³/mol. The van der Waals surface area contributed by atoms with Gasteiger partial charge < -0.3 is 10.1 Å². The van der Waals surface area contributed by atoms with Crippen molar-refractivity contribution >= 4 is 0 Å². The summed E-state index contributed by atoms with van der Waals surface area (Å²) in [6, 6.07) is 5.25. The van der Waals surface area contributed by atoms with E-state index in [2.05, 4.69) is 33.0 Å². The Morgan fingerprint density at radius 2 is 1.89 bits per heavy atom. The van der Waals surface area contributed by atoms with Crippen molar-refractivity contribution in [3.8, 4) is 0 Å². The molecular weight excluding hydrogens is 241 g/mol. The van der Waals surface area contributed by atoms with Gasteiger partial charge in [0.05, 0.1) is 6.61 Å². The van der Waals surface area contributed by atoms with E-state index in [-0.39, 0.29) is 5.82 Å². The summed E-state index contributed by atoms with van der Waals surface area (Å²) in [6.45, 7) is 11.3. The van der Waals surface area contributed by atoms with Crippen molar-refractivity contribution < 1.29 is 9.13 Å². The van der Waals surface area contributed by atoms with E-state index in [0.29, 0.717) is 30.6 Å². The van der Waals surface area contributed by atoms with E-state index in [1.807, 2.05) is 12.1 Å². The first kappa shape index (κ1) is 16.1. The molecule has 0 saturated carbocycles. The van der Waals surface area contributed by atoms with E-state index >= 15 is 0 Å². The number of hydrogen-bond donors (Lipinski definition) is 1. The van der Waals surface area contributed by atoms with Crippen LogP contribution in [0.2, 0.25) is 0 Å². The number of halogens is 1. The lowest BCUT2D eigenvalue weighted by Gasteiger charge is -2.11. The third-order valence-corrected chi connectivity index (χ3v) is 2.70. The Hall–Kier alpha value is -0.930. The van der Waals surface area contributed by atoms with Gasteiger partial charge in [0.2, 0.25) is 0 Å². The zero-order valence-corrected chi connectivity index (χ0v) is 12.5. The SMILES string of the molecule is CC(C)CNCc1ccc(F)c(COCC(C)C)c1. The second kappa shape index (κ2) is 8.28. The van der Waals surface area contributed by atoms with Gasteiger partial charge in [0, 0.05) is 18.7 Å². The second-order valence-corrected chi connectivity index (χ2v) is 5.86. The second-order valence-electron chi connectivity index (χ2n) is 5.86. The minimum Gasteiger partial charge on any atom is -0.376 e. The Kier molecular flexibility index (Phi) is 7.03. The average molecular weight is 267 g/mol. The minimum absolute atomic E-state index is 0.184. The van der Waals surface area contributed by atoms with Crippen molar-refractivity contribution in [1.29, 1.82) is 0 Å². The summed E-state index contributed by atoms with van der Waals surface area (Å²) in [5, 5.41) is 3.36. The minimum atomic E-state index is -0.184. The van der Waals surface area contributed by atoms with Crippen molar-refractivity contribution in [3.63, 3.8) is 0 Å². The van der Waals surface area contributed by atoms with Gasteiger partial charge in [-0.1, -0.05) is 33.8 Å². The van der Waals surface area contributed by atoms with E-state index < -0.39 is 0 Å². The molecule has 0 aromatic heterocycles. The van der Waals surface area contributed by atoms with Crippen LogP contribution in [0.5, 0.6) is 0 Å². The van der Waals surface area contributed by atoms with E-state index in [0.717, 1.165) is 18.7 Å². The summed E-state index contributed by atoms with van der Waals surface area (Å²) in [4.78, 5) is 0. The van der Waals surface area contributed by atoms with Gasteiger partial charge in [0.25, 0.3) is 0 Å². The van der Waals surface area contributed by atoms with Gasteiger partial charge in [-0.25, -0.2) is 4.39 Å². The first-order valence-corrected chi connectivity index (χ1v) is 7.04. The summed E-state index contributed by atoms with van der Waals surface area (Å²) in [7, 11) is 0. The lowest BCUT2D eigenvalue weighted by Crippen LogP contribution is -2.19. The van der Waals surface area contributed by atoms with E-state index in [4.69, 9.17) is 4.74 Å². The van der Waals surface area contributed by atoms with Gasteiger partial charge in [-0.3, -0.25) is 0 Å². The fourth-order valence-electron chi connectivity index (χ4n) is 1.76. The van der Waals surface area contributed by atoms with Gasteiger partial charge in [-0.2, -0.15) is 0 Å². The Bertz CT molecular complexity index is 377. The quantitative estimate of drug-likeness (QED) is 0.774. The molecule has 0 atom stereocenters. The fraction of sp³-hybridized carbons (Fsp3) is 0.625. The van der Waals surface area contributed by atoms with Crippen LogP contribution < -0.4 is 5.32 Å². The molecule has 1 aromatic carbocycles. The fourth-order valence-corrected chi connectivity index (χ4v) is 1.76. The Morgan fingerprint density at radius 1 is 1.16 bits per heavy atom. The van der Waals surface area contributed by atoms with Crippen LogP contribution in [0.15, 0.2) is 18.2 Å². The van der Waals surface area contributed by atoms with Crippen LogP contribution in [-0.4, -0.2) is 13.2 Å². The molecule has 0 spiro atoms. The molecule has 0 amide bonds. The lowest BCUT2D eigenvalue weighted by atomic mass is 10.1. The number of nitrogens with one attached hydrogen (secondary N) is 1. The monoisotopic (exact) mass is 267 g/mol. The summed E-state index contributed by atoms with van der Waals surface area (Å²) in [5.41, 5.74) is 1.75. The normalized spacial score (nSPS) is 11.5. The van der Waals surface area contributed by atoms with E-state index in [1.54, 1.807) is 0 Å². The third-order valence-electron chi connectivity index (χ3n) is 2.70. The molecule has 0 saturated heterocycles. The zero-order valence-electron chi connectivity index (χ0n) is 12.5. The van der Waals surface area contributed by atoms with Crippen LogP contribution in [0.3, 0.4) is 0 Å². The van der Waals surface area contributed by atoms with Crippen LogP contribution in [0.1, 0.15) is 38.8 Å². The molecule has 0 heterocycles. The third kappa shape index (κ3) is 6.69. The molecule has 1 rings (SSSR count). The molecule has 2 nitrogen and oxygen atoms in total. The first-order valence-electron chi connectivity index (χ1n) is 7.04. The van der Waals surface area contributed by atoms with Crippen molar-refractivity contribution in [2.75, 3.05) is 13.2 Å². The number of benzene rings is 1. The van der Waals surface area contributed by atoms with Crippen LogP contribution in [0.25, 0.3) is 0 Å². The number of rotatable bonds is 8. The van der Waals surface area contributed by atoms with Crippen LogP contribution >= 0.6 is 0 Å². The standard InChI is InChI=1S/C16H26FNO/c1-12(2)8-18-9-14-5-6-16(17)15(7-14)11-19-10-13(3)4/h5-7,12-13,18H,8-11H2,1-4H3. The lowest BCUT2D eigenvalue weighted by molar-refractivity contribution is 0.0950. The average Bonchev–Trinajstić information content (AvgIpc) is 2.32. The van der Waals surface area contributed by atoms with Crippen LogP contribution in [0.4, 0.5) is 4.39 Å². The molecule has 0 aliphatic rings. The molecule has 3 heteroatoms. The predicted octanol–water partition coefficient (Wildman–Crippen LogP) is 3.74. The van der Waals surface area contributed by atoms with Gasteiger partial charge in [-0.15, -0.1) is 0 Å². The molecule has 108 valence electrons. The molecule has 19 heavy (non-hydrogen) atoms. The maximum atomic E-state index is 13.6. The molecule has 1 N–H and O–H groups in total. The summed E-state index contributed by atoms with van der Waals surface area (Å²) < 4.78 is 19.1. The van der Waals surface area contributed by atoms with Crippen molar-refractivity contribution in [3.05, 3.63) is 35.1 Å². The topological polar surface area (TPSA) is 21.3 Å². The highest BCUT2D eigenvalue weighted by Gasteiger charge is 2.05. The first-order chi connectivity index (χ1) is 8.99. The van der Waals surface area contributed by atoms with Gasteiger partial charge in [0.1, 0.15) is 5.82 Å². The summed E-state index contributed by atoms with van der Waals surface area (Å²) in [5.74, 6) is 0.907. The molecule has 0 bridgehead atoms. The molecule has 0 aliphatic carbocycles. The van der Waals surface area contributed by atoms with Crippen molar-refractivity contribution in [2.45, 2.75) is 40.8 Å². The highest BCUT2D eigenvalue weighted by Crippen LogP contribution is 2.12. The number of ether oxygens (including phenoxy) is 1. The maximum Gasteiger partial charge on any atom is 0.128 e. The van der Waals surface area contributed by atoms with Crippen LogP contribution in [-0.2, 0) is 17.9 Å². The van der Waals surface area contributed by atoms with Crippen LogP contribution in [0, 0.1) is 17.7 Å². The van der Waals surface area contributed by atoms with E-state index in [9.17, 15) is 4.39 Å². The smallest absolute Gasteiger partial charge is 0.128 e. The van der Waals surface area contributed by atoms with E-state index in [1.165, 1.54) is 6.07 Å². The molecule has 0 aliphatic heterocycles. The van der Waals surface area contributed by atoms with Crippen molar-refractivity contribution in [2.24, 2.45) is 11.8 Å². The Labute approximate surface area is 116 Å².